The predicted octanol–water partition coefficient (Wildman–Crippen LogP) is 3.75. The number of aromatic nitrogens is 2. The Hall–Kier alpha value is -3.85. The molecule has 35 heavy (non-hydrogen) atoms. The molecule has 0 aliphatic carbocycles. The second-order valence-electron chi connectivity index (χ2n) is 8.47. The van der Waals surface area contributed by atoms with Crippen molar-refractivity contribution in [1.82, 2.24) is 9.55 Å². The van der Waals surface area contributed by atoms with Crippen molar-refractivity contribution < 1.29 is 19.4 Å². The van der Waals surface area contributed by atoms with E-state index in [1.54, 1.807) is 35.8 Å². The maximum absolute atomic E-state index is 13.5. The third-order valence-electron chi connectivity index (χ3n) is 5.07. The van der Waals surface area contributed by atoms with Crippen LogP contribution in [-0.4, -0.2) is 33.1 Å². The van der Waals surface area contributed by atoms with Gasteiger partial charge in [0.25, 0.3) is 5.56 Å². The highest BCUT2D eigenvalue weighted by atomic mass is 35.5. The number of carbonyl (C=O) groups is 2. The Morgan fingerprint density at radius 1 is 1.23 bits per heavy atom. The number of ether oxygens (including phenoxy) is 1. The van der Waals surface area contributed by atoms with Crippen LogP contribution in [0.15, 0.2) is 47.3 Å². The number of aliphatic carboxylic acids is 1. The number of nitrogens with one attached hydrogen (secondary N) is 1. The summed E-state index contributed by atoms with van der Waals surface area (Å²) in [4.78, 5) is 42.1. The fraction of sp³-hybridized carbons (Fsp3) is 0.280. The first-order valence-corrected chi connectivity index (χ1v) is 11.3. The van der Waals surface area contributed by atoms with Gasteiger partial charge in [0.15, 0.2) is 6.61 Å². The third-order valence-corrected chi connectivity index (χ3v) is 5.30. The summed E-state index contributed by atoms with van der Waals surface area (Å²) in [5, 5.41) is 11.9. The summed E-state index contributed by atoms with van der Waals surface area (Å²) in [5.41, 5.74) is 7.54. The summed E-state index contributed by atoms with van der Waals surface area (Å²) in [6, 6.07) is 11.4. The number of aryl methyl sites for hydroxylation is 1. The molecule has 0 bridgehead atoms. The lowest BCUT2D eigenvalue weighted by atomic mass is 10.0. The van der Waals surface area contributed by atoms with Crippen molar-refractivity contribution in [1.29, 1.82) is 0 Å². The molecular formula is C25H27ClN4O5. The Bertz CT molecular complexity index is 1320. The van der Waals surface area contributed by atoms with Gasteiger partial charge < -0.3 is 20.9 Å². The molecule has 0 fully saturated rings. The van der Waals surface area contributed by atoms with Gasteiger partial charge in [-0.25, -0.2) is 9.78 Å². The number of carbonyl (C=O) groups excluding carboxylic acids is 1. The van der Waals surface area contributed by atoms with Crippen molar-refractivity contribution in [2.24, 2.45) is 5.92 Å². The molecule has 184 valence electrons. The van der Waals surface area contributed by atoms with Gasteiger partial charge in [-0.3, -0.25) is 14.2 Å². The number of nitrogens with zero attached hydrogens (tertiary/aromatic N) is 2. The first-order chi connectivity index (χ1) is 16.5. The number of anilines is 2. The molecule has 3 aromatic rings. The lowest BCUT2D eigenvalue weighted by Gasteiger charge is -2.17. The summed E-state index contributed by atoms with van der Waals surface area (Å²) >= 11 is 6.06. The van der Waals surface area contributed by atoms with Gasteiger partial charge in [-0.2, -0.15) is 0 Å². The molecule has 1 aromatic heterocycles. The van der Waals surface area contributed by atoms with E-state index in [4.69, 9.17) is 27.2 Å². The molecule has 0 unspecified atom stereocenters. The van der Waals surface area contributed by atoms with E-state index in [2.05, 4.69) is 10.3 Å². The maximum atomic E-state index is 13.5. The summed E-state index contributed by atoms with van der Waals surface area (Å²) in [6.45, 7) is 5.59. The van der Waals surface area contributed by atoms with E-state index >= 15 is 0 Å². The molecule has 10 heteroatoms. The second-order valence-corrected chi connectivity index (χ2v) is 8.91. The van der Waals surface area contributed by atoms with E-state index in [0.717, 1.165) is 0 Å². The number of benzene rings is 2. The van der Waals surface area contributed by atoms with E-state index in [1.807, 2.05) is 13.8 Å². The molecule has 0 spiro atoms. The lowest BCUT2D eigenvalue weighted by molar-refractivity contribution is -0.139. The van der Waals surface area contributed by atoms with Crippen molar-refractivity contribution >= 4 is 34.9 Å². The van der Waals surface area contributed by atoms with Crippen molar-refractivity contribution in [2.45, 2.75) is 33.7 Å². The van der Waals surface area contributed by atoms with Gasteiger partial charge in [0.05, 0.1) is 23.4 Å². The predicted molar refractivity (Wildman–Crippen MR) is 135 cm³/mol. The zero-order chi connectivity index (χ0) is 25.7. The smallest absolute Gasteiger partial charge is 0.341 e. The van der Waals surface area contributed by atoms with Crippen LogP contribution in [0.1, 0.15) is 25.2 Å². The summed E-state index contributed by atoms with van der Waals surface area (Å²) in [7, 11) is 0. The van der Waals surface area contributed by atoms with Crippen LogP contribution in [0.5, 0.6) is 5.75 Å². The van der Waals surface area contributed by atoms with Gasteiger partial charge in [-0.1, -0.05) is 37.6 Å². The fourth-order valence-electron chi connectivity index (χ4n) is 3.59. The van der Waals surface area contributed by atoms with Gasteiger partial charge in [0.1, 0.15) is 11.6 Å². The average Bonchev–Trinajstić information content (AvgIpc) is 2.77. The van der Waals surface area contributed by atoms with E-state index in [-0.39, 0.29) is 34.9 Å². The minimum Gasteiger partial charge on any atom is -0.480 e. The van der Waals surface area contributed by atoms with Crippen molar-refractivity contribution in [3.8, 4) is 17.0 Å². The van der Waals surface area contributed by atoms with Crippen LogP contribution in [0.2, 0.25) is 5.02 Å². The van der Waals surface area contributed by atoms with Crippen LogP contribution in [0.4, 0.5) is 11.4 Å². The molecule has 3 rings (SSSR count). The number of hydrogen-bond acceptors (Lipinski definition) is 6. The van der Waals surface area contributed by atoms with Gasteiger partial charge in [-0.15, -0.1) is 0 Å². The molecule has 0 saturated carbocycles. The number of halogens is 1. The Morgan fingerprint density at radius 3 is 2.63 bits per heavy atom. The van der Waals surface area contributed by atoms with Crippen LogP contribution in [0.3, 0.4) is 0 Å². The van der Waals surface area contributed by atoms with Crippen LogP contribution < -0.4 is 21.3 Å². The second kappa shape index (κ2) is 11.1. The molecule has 2 aromatic carbocycles. The van der Waals surface area contributed by atoms with E-state index in [9.17, 15) is 14.4 Å². The number of nitrogen functional groups attached to an aromatic ring is 1. The highest BCUT2D eigenvalue weighted by Gasteiger charge is 2.21. The van der Waals surface area contributed by atoms with Crippen molar-refractivity contribution in [2.75, 3.05) is 17.7 Å². The average molecular weight is 499 g/mol. The Balaban J connectivity index is 2.01. The molecule has 1 heterocycles. The molecule has 1 amide bonds. The number of rotatable bonds is 9. The van der Waals surface area contributed by atoms with Crippen LogP contribution in [0.25, 0.3) is 11.3 Å². The Labute approximate surface area is 207 Å². The van der Waals surface area contributed by atoms with Gasteiger partial charge in [0, 0.05) is 22.8 Å². The highest BCUT2D eigenvalue weighted by molar-refractivity contribution is 6.31. The Morgan fingerprint density at radius 2 is 1.97 bits per heavy atom. The third kappa shape index (κ3) is 6.60. The molecule has 0 aliphatic rings. The zero-order valence-corrected chi connectivity index (χ0v) is 20.4. The minimum atomic E-state index is -1.17. The number of amides is 1. The maximum Gasteiger partial charge on any atom is 0.341 e. The number of carboxylic acid groups (broad SMARTS) is 1. The normalized spacial score (nSPS) is 10.9. The van der Waals surface area contributed by atoms with Crippen LogP contribution in [-0.2, 0) is 22.6 Å². The first kappa shape index (κ1) is 25.8. The largest absolute Gasteiger partial charge is 0.480 e. The molecule has 0 aliphatic heterocycles. The first-order valence-electron chi connectivity index (χ1n) is 11.0. The molecule has 9 nitrogen and oxygen atoms in total. The number of carboxylic acids is 1. The van der Waals surface area contributed by atoms with E-state index < -0.39 is 18.5 Å². The standard InChI is InChI=1S/C25H27ClN4O5/c1-14(2)12-30-15(3)28-24(16-5-4-6-18(27)9-16)19(25(30)34)11-22(31)29-20-10-17(26)7-8-21(20)35-13-23(32)33/h4-10,14H,11-13,27H2,1-3H3,(H,29,31)(H,32,33). The minimum absolute atomic E-state index is 0.139. The SMILES string of the molecule is Cc1nc(-c2cccc(N)c2)c(CC(=O)Nc2cc(Cl)ccc2OCC(=O)O)c(=O)n1CC(C)C. The zero-order valence-electron chi connectivity index (χ0n) is 19.7. The molecule has 0 radical (unpaired) electrons. The summed E-state index contributed by atoms with van der Waals surface area (Å²) in [5.74, 6) is -0.824. The molecule has 0 atom stereocenters. The van der Waals surface area contributed by atoms with E-state index in [0.29, 0.717) is 34.3 Å². The number of hydrogen-bond donors (Lipinski definition) is 3. The fourth-order valence-corrected chi connectivity index (χ4v) is 3.76. The molecular weight excluding hydrogens is 472 g/mol. The van der Waals surface area contributed by atoms with Crippen molar-refractivity contribution in [3.63, 3.8) is 0 Å². The monoisotopic (exact) mass is 498 g/mol. The van der Waals surface area contributed by atoms with Gasteiger partial charge in [0.2, 0.25) is 5.91 Å². The summed E-state index contributed by atoms with van der Waals surface area (Å²) < 4.78 is 6.81. The van der Waals surface area contributed by atoms with Crippen LogP contribution in [0, 0.1) is 12.8 Å². The Kier molecular flexibility index (Phi) is 8.14. The quantitative estimate of drug-likeness (QED) is 0.382. The van der Waals surface area contributed by atoms with Gasteiger partial charge >= 0.3 is 5.97 Å². The highest BCUT2D eigenvalue weighted by Crippen LogP contribution is 2.29. The van der Waals surface area contributed by atoms with Crippen molar-refractivity contribution in [3.05, 3.63) is 69.2 Å². The van der Waals surface area contributed by atoms with E-state index in [1.165, 1.54) is 18.2 Å². The van der Waals surface area contributed by atoms with Gasteiger partial charge in [-0.05, 0) is 43.2 Å². The summed E-state index contributed by atoms with van der Waals surface area (Å²) in [6.07, 6.45) is -0.279. The van der Waals surface area contributed by atoms with Crippen LogP contribution >= 0.6 is 11.6 Å². The lowest BCUT2D eigenvalue weighted by Crippen LogP contribution is -2.32. The molecule has 0 saturated heterocycles. The topological polar surface area (TPSA) is 137 Å². The molecule has 4 N–H and O–H groups in total. The number of nitrogens with two attached hydrogens (primary N) is 1.